The van der Waals surface area contributed by atoms with E-state index in [9.17, 15) is 9.59 Å². The third kappa shape index (κ3) is 4.23. The molecule has 5 heteroatoms. The largest absolute Gasteiger partial charge is 0.493 e. The molecule has 0 aromatic heterocycles. The molecule has 0 heterocycles. The number of benzene rings is 1. The Bertz CT molecular complexity index is 549. The van der Waals surface area contributed by atoms with Crippen LogP contribution >= 0.6 is 0 Å². The average Bonchev–Trinajstić information content (AvgIpc) is 2.42. The maximum absolute atomic E-state index is 12.4. The van der Waals surface area contributed by atoms with Crippen molar-refractivity contribution < 1.29 is 19.4 Å². The molecule has 0 bridgehead atoms. The number of nitrogens with one attached hydrogen (secondary N) is 1. The van der Waals surface area contributed by atoms with Gasteiger partial charge in [-0.15, -0.1) is 0 Å². The van der Waals surface area contributed by atoms with E-state index < -0.39 is 11.5 Å². The highest BCUT2D eigenvalue weighted by molar-refractivity contribution is 5.95. The molecule has 1 aliphatic carbocycles. The second-order valence-corrected chi connectivity index (χ2v) is 6.39. The zero-order valence-corrected chi connectivity index (χ0v) is 13.1. The Morgan fingerprint density at radius 2 is 2.09 bits per heavy atom. The molecule has 120 valence electrons. The van der Waals surface area contributed by atoms with Crippen LogP contribution in [0, 0.1) is 5.92 Å². The van der Waals surface area contributed by atoms with Gasteiger partial charge in [0.2, 0.25) is 0 Å². The van der Waals surface area contributed by atoms with Gasteiger partial charge in [-0.05, 0) is 43.4 Å². The average molecular weight is 305 g/mol. The monoisotopic (exact) mass is 305 g/mol. The summed E-state index contributed by atoms with van der Waals surface area (Å²) in [4.78, 5) is 23.3. The normalized spacial score (nSPS) is 16.0. The van der Waals surface area contributed by atoms with Crippen LogP contribution in [-0.2, 0) is 4.79 Å². The third-order valence-corrected chi connectivity index (χ3v) is 3.86. The van der Waals surface area contributed by atoms with Crippen LogP contribution in [0.15, 0.2) is 24.3 Å². The van der Waals surface area contributed by atoms with Crippen molar-refractivity contribution in [3.8, 4) is 5.75 Å². The predicted molar refractivity (Wildman–Crippen MR) is 83.1 cm³/mol. The summed E-state index contributed by atoms with van der Waals surface area (Å²) in [6.07, 6.45) is 2.36. The van der Waals surface area contributed by atoms with Crippen LogP contribution in [0.2, 0.25) is 0 Å². The number of hydrogen-bond acceptors (Lipinski definition) is 3. The fourth-order valence-electron chi connectivity index (χ4n) is 2.54. The number of ether oxygens (including phenoxy) is 1. The number of amides is 1. The summed E-state index contributed by atoms with van der Waals surface area (Å²) in [5, 5.41) is 11.9. The van der Waals surface area contributed by atoms with Crippen LogP contribution in [0.4, 0.5) is 0 Å². The lowest BCUT2D eigenvalue weighted by atomic mass is 9.74. The molecule has 2 N–H and O–H groups in total. The number of carboxylic acid groups (broad SMARTS) is 1. The van der Waals surface area contributed by atoms with Gasteiger partial charge in [0.1, 0.15) is 5.75 Å². The molecule has 0 atom stereocenters. The molecule has 1 aromatic carbocycles. The van der Waals surface area contributed by atoms with Crippen LogP contribution in [-0.4, -0.2) is 29.1 Å². The van der Waals surface area contributed by atoms with E-state index in [1.165, 1.54) is 0 Å². The fraction of sp³-hybridized carbons (Fsp3) is 0.529. The minimum atomic E-state index is -0.881. The van der Waals surface area contributed by atoms with Crippen LogP contribution < -0.4 is 10.1 Å². The number of carbonyl (C=O) groups is 2. The second kappa shape index (κ2) is 6.81. The van der Waals surface area contributed by atoms with Crippen molar-refractivity contribution in [2.24, 2.45) is 5.92 Å². The Labute approximate surface area is 130 Å². The molecule has 1 amide bonds. The summed E-state index contributed by atoms with van der Waals surface area (Å²) in [5.74, 6) is -0.0569. The molecule has 0 unspecified atom stereocenters. The van der Waals surface area contributed by atoms with Crippen molar-refractivity contribution in [2.45, 2.75) is 45.1 Å². The Morgan fingerprint density at radius 3 is 2.64 bits per heavy atom. The number of carbonyl (C=O) groups excluding carboxylic acids is 1. The molecule has 0 spiro atoms. The van der Waals surface area contributed by atoms with Crippen LogP contribution in [0.3, 0.4) is 0 Å². The summed E-state index contributed by atoms with van der Waals surface area (Å²) in [7, 11) is 0. The first-order valence-corrected chi connectivity index (χ1v) is 7.67. The van der Waals surface area contributed by atoms with Gasteiger partial charge >= 0.3 is 5.97 Å². The molecule has 5 nitrogen and oxygen atoms in total. The molecule has 22 heavy (non-hydrogen) atoms. The van der Waals surface area contributed by atoms with Crippen molar-refractivity contribution in [1.82, 2.24) is 5.32 Å². The summed E-state index contributed by atoms with van der Waals surface area (Å²) in [6.45, 7) is 4.71. The molecule has 1 aromatic rings. The summed E-state index contributed by atoms with van der Waals surface area (Å²) >= 11 is 0. The molecule has 1 saturated carbocycles. The number of aliphatic carboxylic acids is 1. The van der Waals surface area contributed by atoms with Crippen molar-refractivity contribution in [2.75, 3.05) is 6.61 Å². The third-order valence-electron chi connectivity index (χ3n) is 3.86. The van der Waals surface area contributed by atoms with Crippen molar-refractivity contribution in [3.63, 3.8) is 0 Å². The van der Waals surface area contributed by atoms with E-state index in [4.69, 9.17) is 9.84 Å². The molecule has 2 rings (SSSR count). The lowest BCUT2D eigenvalue weighted by molar-refractivity contribution is -0.139. The van der Waals surface area contributed by atoms with Gasteiger partial charge in [-0.25, -0.2) is 0 Å². The van der Waals surface area contributed by atoms with Gasteiger partial charge in [-0.2, -0.15) is 0 Å². The van der Waals surface area contributed by atoms with Crippen molar-refractivity contribution in [1.29, 1.82) is 0 Å². The Hall–Kier alpha value is -2.04. The van der Waals surface area contributed by atoms with Crippen molar-refractivity contribution >= 4 is 11.9 Å². The van der Waals surface area contributed by atoms with E-state index in [2.05, 4.69) is 19.2 Å². The minimum absolute atomic E-state index is 0.0255. The van der Waals surface area contributed by atoms with Crippen LogP contribution in [0.5, 0.6) is 5.75 Å². The highest BCUT2D eigenvalue weighted by Gasteiger charge is 2.40. The zero-order chi connectivity index (χ0) is 16.2. The van der Waals surface area contributed by atoms with Gasteiger partial charge in [0, 0.05) is 5.56 Å². The van der Waals surface area contributed by atoms with Crippen molar-refractivity contribution in [3.05, 3.63) is 29.8 Å². The molecule has 0 aliphatic heterocycles. The first-order valence-electron chi connectivity index (χ1n) is 7.67. The Balaban J connectivity index is 2.03. The zero-order valence-electron chi connectivity index (χ0n) is 13.1. The van der Waals surface area contributed by atoms with E-state index in [1.807, 2.05) is 6.07 Å². The van der Waals surface area contributed by atoms with Gasteiger partial charge in [0.05, 0.1) is 18.6 Å². The SMILES string of the molecule is CC(C)COc1cccc(C(=O)NC2(CC(=O)O)CCC2)c1. The molecule has 0 radical (unpaired) electrons. The van der Waals surface area contributed by atoms with E-state index >= 15 is 0 Å². The lowest BCUT2D eigenvalue weighted by Crippen LogP contribution is -2.54. The topological polar surface area (TPSA) is 75.6 Å². The van der Waals surface area contributed by atoms with E-state index in [-0.39, 0.29) is 12.3 Å². The summed E-state index contributed by atoms with van der Waals surface area (Å²) < 4.78 is 5.62. The predicted octanol–water partition coefficient (Wildman–Crippen LogP) is 2.85. The lowest BCUT2D eigenvalue weighted by Gasteiger charge is -2.41. The maximum Gasteiger partial charge on any atom is 0.305 e. The van der Waals surface area contributed by atoms with E-state index in [1.54, 1.807) is 18.2 Å². The Morgan fingerprint density at radius 1 is 1.36 bits per heavy atom. The molecule has 0 saturated heterocycles. The van der Waals surface area contributed by atoms with Gasteiger partial charge in [0.15, 0.2) is 0 Å². The Kier molecular flexibility index (Phi) is 5.06. The van der Waals surface area contributed by atoms with Gasteiger partial charge in [0.25, 0.3) is 5.91 Å². The van der Waals surface area contributed by atoms with Crippen LogP contribution in [0.1, 0.15) is 49.9 Å². The fourth-order valence-corrected chi connectivity index (χ4v) is 2.54. The smallest absolute Gasteiger partial charge is 0.305 e. The highest BCUT2D eigenvalue weighted by Crippen LogP contribution is 2.35. The summed E-state index contributed by atoms with van der Waals surface area (Å²) in [6, 6.07) is 7.00. The maximum atomic E-state index is 12.4. The van der Waals surface area contributed by atoms with E-state index in [0.29, 0.717) is 36.7 Å². The molecular formula is C17H23NO4. The van der Waals surface area contributed by atoms with Gasteiger partial charge in [-0.1, -0.05) is 19.9 Å². The quantitative estimate of drug-likeness (QED) is 0.812. The first-order chi connectivity index (χ1) is 10.4. The molecule has 1 fully saturated rings. The molecule has 1 aliphatic rings. The van der Waals surface area contributed by atoms with Crippen LogP contribution in [0.25, 0.3) is 0 Å². The van der Waals surface area contributed by atoms with Gasteiger partial charge in [-0.3, -0.25) is 9.59 Å². The first kappa shape index (κ1) is 16.3. The number of carboxylic acids is 1. The molecular weight excluding hydrogens is 282 g/mol. The van der Waals surface area contributed by atoms with E-state index in [0.717, 1.165) is 6.42 Å². The summed E-state index contributed by atoms with van der Waals surface area (Å²) in [5.41, 5.74) is -0.0875. The number of hydrogen-bond donors (Lipinski definition) is 2. The highest BCUT2D eigenvalue weighted by atomic mass is 16.5. The minimum Gasteiger partial charge on any atom is -0.493 e. The number of rotatable bonds is 7. The van der Waals surface area contributed by atoms with Gasteiger partial charge < -0.3 is 15.2 Å². The second-order valence-electron chi connectivity index (χ2n) is 6.39. The standard InChI is InChI=1S/C17H23NO4/c1-12(2)11-22-14-6-3-5-13(9-14)16(21)18-17(7-4-8-17)10-15(19)20/h3,5-6,9,12H,4,7-8,10-11H2,1-2H3,(H,18,21)(H,19,20).